The van der Waals surface area contributed by atoms with Gasteiger partial charge in [0.05, 0.1) is 30.9 Å². The fraction of sp³-hybridized carbons (Fsp3) is 0.261. The largest absolute Gasteiger partial charge is 0.495 e. The highest BCUT2D eigenvalue weighted by Gasteiger charge is 2.20. The number of rotatable bonds is 7. The minimum Gasteiger partial charge on any atom is -0.495 e. The van der Waals surface area contributed by atoms with Gasteiger partial charge in [-0.3, -0.25) is 0 Å². The quantitative estimate of drug-likeness (QED) is 0.369. The van der Waals surface area contributed by atoms with E-state index in [0.717, 1.165) is 34.9 Å². The van der Waals surface area contributed by atoms with Gasteiger partial charge in [0.15, 0.2) is 16.6 Å². The van der Waals surface area contributed by atoms with Gasteiger partial charge in [-0.25, -0.2) is 23.5 Å². The Bertz CT molecular complexity index is 1490. The number of nitrogens with zero attached hydrogens (tertiary/aromatic N) is 5. The minimum atomic E-state index is -3.75. The number of sulfonamides is 1. The molecule has 2 aromatic carbocycles. The van der Waals surface area contributed by atoms with E-state index in [-0.39, 0.29) is 4.90 Å². The molecule has 0 radical (unpaired) electrons. The molecule has 0 spiro atoms. The van der Waals surface area contributed by atoms with Gasteiger partial charge in [-0.1, -0.05) is 11.3 Å². The lowest BCUT2D eigenvalue weighted by Gasteiger charge is -2.31. The van der Waals surface area contributed by atoms with Crippen LogP contribution in [-0.4, -0.2) is 63.8 Å². The summed E-state index contributed by atoms with van der Waals surface area (Å²) in [5.74, 6) is 1.52. The normalized spacial score (nSPS) is 14.1. The van der Waals surface area contributed by atoms with Crippen LogP contribution in [0.15, 0.2) is 53.7 Å². The molecule has 1 aliphatic rings. The van der Waals surface area contributed by atoms with Crippen LogP contribution >= 0.6 is 11.3 Å². The van der Waals surface area contributed by atoms with Gasteiger partial charge in [-0.2, -0.15) is 4.98 Å². The second kappa shape index (κ2) is 9.85. The minimum absolute atomic E-state index is 0.0445. The van der Waals surface area contributed by atoms with Gasteiger partial charge >= 0.3 is 0 Å². The van der Waals surface area contributed by atoms with Gasteiger partial charge in [-0.15, -0.1) is 0 Å². The first-order valence-corrected chi connectivity index (χ1v) is 13.5. The van der Waals surface area contributed by atoms with Crippen molar-refractivity contribution in [3.63, 3.8) is 0 Å². The third-order valence-electron chi connectivity index (χ3n) is 5.83. The summed E-state index contributed by atoms with van der Waals surface area (Å²) in [7, 11) is -0.130. The maximum Gasteiger partial charge on any atom is 0.238 e. The van der Waals surface area contributed by atoms with Crippen LogP contribution in [0.3, 0.4) is 0 Å². The highest BCUT2D eigenvalue weighted by molar-refractivity contribution is 7.89. The number of nitrogens with one attached hydrogen (secondary N) is 1. The molecule has 13 heteroatoms. The van der Waals surface area contributed by atoms with Crippen molar-refractivity contribution in [3.8, 4) is 5.75 Å². The molecule has 0 atom stereocenters. The number of anilines is 5. The van der Waals surface area contributed by atoms with Gasteiger partial charge in [0, 0.05) is 31.5 Å². The van der Waals surface area contributed by atoms with Gasteiger partial charge in [0.1, 0.15) is 16.8 Å². The number of ether oxygens (including phenoxy) is 2. The zero-order chi connectivity index (χ0) is 25.3. The van der Waals surface area contributed by atoms with Crippen LogP contribution < -0.4 is 25.0 Å². The molecule has 1 fully saturated rings. The standard InChI is InChI=1S/C23H25N7O4S2/c1-29(16-5-8-19(33-2)18(13-16)30-9-11-34-12-10-30)22-20-21(25-14-26-22)28-23(35-20)27-15-3-6-17(7-4-15)36(24,31)32/h3-8,13-14H,9-12H2,1-2H3,(H2,24,31,32)(H,25,26,27,28). The molecule has 2 aromatic heterocycles. The van der Waals surface area contributed by atoms with Crippen LogP contribution in [0, 0.1) is 0 Å². The van der Waals surface area contributed by atoms with Crippen molar-refractivity contribution in [1.29, 1.82) is 0 Å². The first-order valence-electron chi connectivity index (χ1n) is 11.1. The van der Waals surface area contributed by atoms with E-state index >= 15 is 0 Å². The second-order valence-electron chi connectivity index (χ2n) is 8.08. The Kier molecular flexibility index (Phi) is 6.62. The molecule has 36 heavy (non-hydrogen) atoms. The molecular formula is C23H25N7O4S2. The molecule has 5 rings (SSSR count). The summed E-state index contributed by atoms with van der Waals surface area (Å²) in [5.41, 5.74) is 3.18. The molecule has 1 saturated heterocycles. The molecule has 0 aliphatic carbocycles. The van der Waals surface area contributed by atoms with Crippen LogP contribution in [0.25, 0.3) is 10.3 Å². The maximum atomic E-state index is 11.5. The number of benzene rings is 2. The van der Waals surface area contributed by atoms with Crippen LogP contribution in [0.4, 0.5) is 28.0 Å². The molecule has 0 saturated carbocycles. The molecule has 3 heterocycles. The number of methoxy groups -OCH3 is 1. The molecule has 11 nitrogen and oxygen atoms in total. The average molecular weight is 528 g/mol. The van der Waals surface area contributed by atoms with Crippen molar-refractivity contribution in [2.45, 2.75) is 4.90 Å². The van der Waals surface area contributed by atoms with Crippen molar-refractivity contribution in [3.05, 3.63) is 48.8 Å². The lowest BCUT2D eigenvalue weighted by atomic mass is 10.2. The van der Waals surface area contributed by atoms with E-state index < -0.39 is 10.0 Å². The molecular weight excluding hydrogens is 502 g/mol. The predicted octanol–water partition coefficient (Wildman–Crippen LogP) is 3.09. The lowest BCUT2D eigenvalue weighted by molar-refractivity contribution is 0.122. The number of morpholine rings is 1. The average Bonchev–Trinajstić information content (AvgIpc) is 3.30. The van der Waals surface area contributed by atoms with Gasteiger partial charge < -0.3 is 24.6 Å². The van der Waals surface area contributed by atoms with E-state index in [4.69, 9.17) is 14.6 Å². The smallest absolute Gasteiger partial charge is 0.238 e. The van der Waals surface area contributed by atoms with Crippen molar-refractivity contribution < 1.29 is 17.9 Å². The van der Waals surface area contributed by atoms with E-state index in [1.807, 2.05) is 24.1 Å². The van der Waals surface area contributed by atoms with E-state index in [2.05, 4.69) is 31.2 Å². The van der Waals surface area contributed by atoms with Gasteiger partial charge in [-0.05, 0) is 42.5 Å². The maximum absolute atomic E-state index is 11.5. The Morgan fingerprint density at radius 3 is 2.58 bits per heavy atom. The van der Waals surface area contributed by atoms with Crippen LogP contribution in [0.5, 0.6) is 5.75 Å². The fourth-order valence-corrected chi connectivity index (χ4v) is 5.43. The van der Waals surface area contributed by atoms with Crippen molar-refractivity contribution >= 4 is 59.7 Å². The fourth-order valence-electron chi connectivity index (χ4n) is 3.95. The summed E-state index contributed by atoms with van der Waals surface area (Å²) in [4.78, 5) is 17.7. The first-order chi connectivity index (χ1) is 17.3. The summed E-state index contributed by atoms with van der Waals surface area (Å²) in [5, 5.41) is 8.98. The Labute approximate surface area is 212 Å². The number of hydrogen-bond donors (Lipinski definition) is 2. The number of aromatic nitrogens is 3. The monoisotopic (exact) mass is 527 g/mol. The van der Waals surface area contributed by atoms with Crippen LogP contribution in [-0.2, 0) is 14.8 Å². The summed E-state index contributed by atoms with van der Waals surface area (Å²) < 4.78 is 34.9. The third kappa shape index (κ3) is 4.91. The SMILES string of the molecule is COc1ccc(N(C)c2ncnc3nc(Nc4ccc(S(N)(=O)=O)cc4)sc23)cc1N1CCOCC1. The first kappa shape index (κ1) is 24.2. The Morgan fingerprint density at radius 1 is 1.14 bits per heavy atom. The summed E-state index contributed by atoms with van der Waals surface area (Å²) in [6.07, 6.45) is 1.49. The van der Waals surface area contributed by atoms with Crippen molar-refractivity contribution in [2.75, 3.05) is 55.6 Å². The van der Waals surface area contributed by atoms with Crippen molar-refractivity contribution in [2.24, 2.45) is 5.14 Å². The highest BCUT2D eigenvalue weighted by Crippen LogP contribution is 2.38. The summed E-state index contributed by atoms with van der Waals surface area (Å²) >= 11 is 1.41. The second-order valence-corrected chi connectivity index (χ2v) is 10.6. The highest BCUT2D eigenvalue weighted by atomic mass is 32.2. The van der Waals surface area contributed by atoms with Crippen molar-refractivity contribution in [1.82, 2.24) is 15.0 Å². The summed E-state index contributed by atoms with van der Waals surface area (Å²) in [6.45, 7) is 2.95. The zero-order valence-electron chi connectivity index (χ0n) is 19.7. The van der Waals surface area contributed by atoms with Gasteiger partial charge in [0.2, 0.25) is 10.0 Å². The van der Waals surface area contributed by atoms with Crippen LogP contribution in [0.2, 0.25) is 0 Å². The molecule has 0 unspecified atom stereocenters. The third-order valence-corrected chi connectivity index (χ3v) is 7.71. The molecule has 0 amide bonds. The number of hydrogen-bond acceptors (Lipinski definition) is 11. The van der Waals surface area contributed by atoms with Gasteiger partial charge in [0.25, 0.3) is 0 Å². The molecule has 1 aliphatic heterocycles. The number of primary sulfonamides is 1. The Balaban J connectivity index is 1.44. The van der Waals surface area contributed by atoms with E-state index in [0.29, 0.717) is 35.5 Å². The topological polar surface area (TPSA) is 136 Å². The Hall–Kier alpha value is -3.52. The molecule has 4 aromatic rings. The number of fused-ring (bicyclic) bond motifs is 1. The number of thiazole rings is 1. The van der Waals surface area contributed by atoms with E-state index in [1.54, 1.807) is 19.2 Å². The molecule has 0 bridgehead atoms. The zero-order valence-corrected chi connectivity index (χ0v) is 21.3. The lowest BCUT2D eigenvalue weighted by Crippen LogP contribution is -2.36. The van der Waals surface area contributed by atoms with Crippen LogP contribution in [0.1, 0.15) is 0 Å². The predicted molar refractivity (Wildman–Crippen MR) is 140 cm³/mol. The Morgan fingerprint density at radius 2 is 1.89 bits per heavy atom. The molecule has 3 N–H and O–H groups in total. The van der Waals surface area contributed by atoms with E-state index in [1.165, 1.54) is 29.8 Å². The summed E-state index contributed by atoms with van der Waals surface area (Å²) in [6, 6.07) is 12.2. The van der Waals surface area contributed by atoms with E-state index in [9.17, 15) is 8.42 Å². The number of nitrogens with two attached hydrogens (primary N) is 1. The molecule has 188 valence electrons.